The second-order valence-corrected chi connectivity index (χ2v) is 2.95. The highest BCUT2D eigenvalue weighted by Gasteiger charge is 2.39. The van der Waals surface area contributed by atoms with Crippen LogP contribution in [-0.2, 0) is 9.47 Å². The number of aliphatic hydroxyl groups excluding tert-OH is 1. The summed E-state index contributed by atoms with van der Waals surface area (Å²) in [5.41, 5.74) is 0. The van der Waals surface area contributed by atoms with Crippen molar-refractivity contribution in [2.45, 2.75) is 11.9 Å². The summed E-state index contributed by atoms with van der Waals surface area (Å²) in [7, 11) is 0. The SMILES string of the molecule is OCC1COC(CCl)(CCl)O1. The van der Waals surface area contributed by atoms with E-state index in [0.717, 1.165) is 0 Å². The van der Waals surface area contributed by atoms with E-state index in [0.29, 0.717) is 6.61 Å². The van der Waals surface area contributed by atoms with E-state index >= 15 is 0 Å². The molecule has 1 unspecified atom stereocenters. The van der Waals surface area contributed by atoms with Gasteiger partial charge in [0.1, 0.15) is 6.10 Å². The third kappa shape index (κ3) is 1.98. The molecule has 1 heterocycles. The Kier molecular flexibility index (Phi) is 3.40. The summed E-state index contributed by atoms with van der Waals surface area (Å²) in [6.07, 6.45) is -0.285. The van der Waals surface area contributed by atoms with Gasteiger partial charge in [-0.05, 0) is 0 Å². The highest BCUT2D eigenvalue weighted by Crippen LogP contribution is 2.26. The van der Waals surface area contributed by atoms with Crippen LogP contribution in [0.3, 0.4) is 0 Å². The lowest BCUT2D eigenvalue weighted by atomic mass is 10.4. The lowest BCUT2D eigenvalue weighted by Crippen LogP contribution is -2.35. The van der Waals surface area contributed by atoms with E-state index in [1.54, 1.807) is 0 Å². The molecule has 0 saturated carbocycles. The average molecular weight is 201 g/mol. The van der Waals surface area contributed by atoms with Gasteiger partial charge in [0, 0.05) is 0 Å². The van der Waals surface area contributed by atoms with Crippen LogP contribution in [0.25, 0.3) is 0 Å². The summed E-state index contributed by atoms with van der Waals surface area (Å²) < 4.78 is 10.5. The molecule has 1 saturated heterocycles. The van der Waals surface area contributed by atoms with Crippen molar-refractivity contribution >= 4 is 23.2 Å². The lowest BCUT2D eigenvalue weighted by molar-refractivity contribution is -0.136. The second-order valence-electron chi connectivity index (χ2n) is 2.41. The summed E-state index contributed by atoms with van der Waals surface area (Å²) in [5.74, 6) is -0.503. The summed E-state index contributed by atoms with van der Waals surface area (Å²) >= 11 is 11.1. The zero-order valence-corrected chi connectivity index (χ0v) is 7.44. The maximum absolute atomic E-state index is 8.70. The Balaban J connectivity index is 2.48. The van der Waals surface area contributed by atoms with Crippen LogP contribution >= 0.6 is 23.2 Å². The van der Waals surface area contributed by atoms with Gasteiger partial charge in [0.15, 0.2) is 5.79 Å². The average Bonchev–Trinajstić information content (AvgIpc) is 2.49. The first kappa shape index (κ1) is 9.55. The Labute approximate surface area is 75.2 Å². The molecular weight excluding hydrogens is 191 g/mol. The van der Waals surface area contributed by atoms with Crippen molar-refractivity contribution in [3.05, 3.63) is 0 Å². The van der Waals surface area contributed by atoms with Crippen LogP contribution in [0.15, 0.2) is 0 Å². The van der Waals surface area contributed by atoms with Crippen LogP contribution in [-0.4, -0.2) is 42.0 Å². The van der Waals surface area contributed by atoms with Crippen LogP contribution in [0.5, 0.6) is 0 Å². The molecule has 3 nitrogen and oxygen atoms in total. The maximum atomic E-state index is 8.70. The zero-order valence-electron chi connectivity index (χ0n) is 5.93. The van der Waals surface area contributed by atoms with Gasteiger partial charge in [-0.15, -0.1) is 23.2 Å². The monoisotopic (exact) mass is 200 g/mol. The third-order valence-electron chi connectivity index (χ3n) is 1.52. The molecule has 1 aliphatic rings. The van der Waals surface area contributed by atoms with Gasteiger partial charge < -0.3 is 14.6 Å². The Bertz CT molecular complexity index is 127. The molecule has 0 radical (unpaired) electrons. The Morgan fingerprint density at radius 2 is 2.09 bits per heavy atom. The molecule has 0 aromatic heterocycles. The van der Waals surface area contributed by atoms with Gasteiger partial charge in [0.05, 0.1) is 25.0 Å². The number of rotatable bonds is 3. The summed E-state index contributed by atoms with van der Waals surface area (Å²) in [5, 5.41) is 8.70. The molecule has 1 aliphatic heterocycles. The maximum Gasteiger partial charge on any atom is 0.196 e. The van der Waals surface area contributed by atoms with E-state index in [9.17, 15) is 0 Å². The van der Waals surface area contributed by atoms with Crippen molar-refractivity contribution in [3.63, 3.8) is 0 Å². The van der Waals surface area contributed by atoms with Gasteiger partial charge in [0.2, 0.25) is 0 Å². The summed E-state index contributed by atoms with van der Waals surface area (Å²) in [6, 6.07) is 0. The van der Waals surface area contributed by atoms with Crippen LogP contribution in [0.4, 0.5) is 0 Å². The quantitative estimate of drug-likeness (QED) is 0.678. The summed E-state index contributed by atoms with van der Waals surface area (Å²) in [6.45, 7) is 0.297. The normalized spacial score (nSPS) is 29.2. The molecule has 1 N–H and O–H groups in total. The Morgan fingerprint density at radius 1 is 1.45 bits per heavy atom. The number of halogens is 2. The standard InChI is InChI=1S/C6H10Cl2O3/c7-3-6(4-8)10-2-5(1-9)11-6/h5,9H,1-4H2. The van der Waals surface area contributed by atoms with Crippen LogP contribution < -0.4 is 0 Å². The zero-order chi connectivity index (χ0) is 8.32. The fourth-order valence-corrected chi connectivity index (χ4v) is 1.45. The topological polar surface area (TPSA) is 38.7 Å². The molecule has 0 aliphatic carbocycles. The Hall–Kier alpha value is 0.460. The predicted molar refractivity (Wildman–Crippen MR) is 42.1 cm³/mol. The highest BCUT2D eigenvalue weighted by atomic mass is 35.5. The number of hydrogen-bond donors (Lipinski definition) is 1. The largest absolute Gasteiger partial charge is 0.394 e. The predicted octanol–water partition coefficient (Wildman–Crippen LogP) is 0.568. The molecule has 0 spiro atoms. The van der Waals surface area contributed by atoms with Crippen molar-refractivity contribution in [2.75, 3.05) is 25.0 Å². The number of alkyl halides is 2. The van der Waals surface area contributed by atoms with Crippen molar-refractivity contribution in [1.82, 2.24) is 0 Å². The van der Waals surface area contributed by atoms with E-state index in [-0.39, 0.29) is 24.5 Å². The molecule has 11 heavy (non-hydrogen) atoms. The Morgan fingerprint density at radius 3 is 2.36 bits per heavy atom. The van der Waals surface area contributed by atoms with Gasteiger partial charge in [-0.3, -0.25) is 0 Å². The van der Waals surface area contributed by atoms with Crippen molar-refractivity contribution in [1.29, 1.82) is 0 Å². The number of aliphatic hydroxyl groups is 1. The van der Waals surface area contributed by atoms with Crippen molar-refractivity contribution in [3.8, 4) is 0 Å². The van der Waals surface area contributed by atoms with Crippen molar-refractivity contribution in [2.24, 2.45) is 0 Å². The first-order chi connectivity index (χ1) is 5.26. The van der Waals surface area contributed by atoms with E-state index in [4.69, 9.17) is 37.8 Å². The smallest absolute Gasteiger partial charge is 0.196 e. The third-order valence-corrected chi connectivity index (χ3v) is 2.34. The van der Waals surface area contributed by atoms with Crippen LogP contribution in [0.1, 0.15) is 0 Å². The molecule has 0 aromatic carbocycles. The molecule has 0 bridgehead atoms. The van der Waals surface area contributed by atoms with Crippen LogP contribution in [0, 0.1) is 0 Å². The van der Waals surface area contributed by atoms with Gasteiger partial charge >= 0.3 is 0 Å². The van der Waals surface area contributed by atoms with Gasteiger partial charge in [-0.2, -0.15) is 0 Å². The van der Waals surface area contributed by atoms with E-state index < -0.39 is 5.79 Å². The van der Waals surface area contributed by atoms with Crippen molar-refractivity contribution < 1.29 is 14.6 Å². The lowest BCUT2D eigenvalue weighted by Gasteiger charge is -2.21. The number of ether oxygens (including phenoxy) is 2. The van der Waals surface area contributed by atoms with Crippen LogP contribution in [0.2, 0.25) is 0 Å². The summed E-state index contributed by atoms with van der Waals surface area (Å²) in [4.78, 5) is 0. The van der Waals surface area contributed by atoms with Gasteiger partial charge in [-0.25, -0.2) is 0 Å². The second kappa shape index (κ2) is 3.92. The van der Waals surface area contributed by atoms with E-state index in [1.165, 1.54) is 0 Å². The molecule has 1 fully saturated rings. The fourth-order valence-electron chi connectivity index (χ4n) is 0.882. The molecule has 66 valence electrons. The molecule has 5 heteroatoms. The molecule has 1 atom stereocenters. The first-order valence-corrected chi connectivity index (χ1v) is 4.38. The molecular formula is C6H10Cl2O3. The minimum Gasteiger partial charge on any atom is -0.394 e. The van der Waals surface area contributed by atoms with E-state index in [2.05, 4.69) is 0 Å². The minimum atomic E-state index is -0.878. The van der Waals surface area contributed by atoms with Gasteiger partial charge in [-0.1, -0.05) is 0 Å². The molecule has 1 rings (SSSR count). The number of hydrogen-bond acceptors (Lipinski definition) is 3. The minimum absolute atomic E-state index is 0.0600. The van der Waals surface area contributed by atoms with Gasteiger partial charge in [0.25, 0.3) is 0 Å². The molecule has 0 amide bonds. The fraction of sp³-hybridized carbons (Fsp3) is 1.00. The molecule has 0 aromatic rings. The first-order valence-electron chi connectivity index (χ1n) is 3.31. The highest BCUT2D eigenvalue weighted by molar-refractivity contribution is 6.21. The van der Waals surface area contributed by atoms with E-state index in [1.807, 2.05) is 0 Å².